The molecule has 0 saturated heterocycles. The number of benzene rings is 1. The Morgan fingerprint density at radius 2 is 1.86 bits per heavy atom. The number of amides is 1. The molecule has 1 fully saturated rings. The molecule has 0 aromatic heterocycles. The lowest BCUT2D eigenvalue weighted by Gasteiger charge is -2.25. The molecule has 1 amide bonds. The van der Waals surface area contributed by atoms with Gasteiger partial charge in [-0.15, -0.1) is 0 Å². The van der Waals surface area contributed by atoms with Crippen molar-refractivity contribution in [1.82, 2.24) is 5.32 Å². The number of aliphatic carboxylic acids is 1. The van der Waals surface area contributed by atoms with Gasteiger partial charge >= 0.3 is 5.97 Å². The minimum Gasteiger partial charge on any atom is -0.481 e. The Bertz CT molecular complexity index is 533. The van der Waals surface area contributed by atoms with E-state index in [0.717, 1.165) is 5.56 Å². The number of alkyl halides is 2. The van der Waals surface area contributed by atoms with E-state index >= 15 is 0 Å². The van der Waals surface area contributed by atoms with Crippen LogP contribution < -0.4 is 5.32 Å². The van der Waals surface area contributed by atoms with Gasteiger partial charge in [-0.1, -0.05) is 30.3 Å². The molecule has 1 saturated carbocycles. The maximum atomic E-state index is 14.1. The van der Waals surface area contributed by atoms with Gasteiger partial charge in [-0.2, -0.15) is 0 Å². The van der Waals surface area contributed by atoms with Crippen molar-refractivity contribution in [2.45, 2.75) is 44.1 Å². The van der Waals surface area contributed by atoms with Crippen molar-refractivity contribution in [3.8, 4) is 0 Å². The number of carboxylic acids is 1. The van der Waals surface area contributed by atoms with Crippen LogP contribution in [0.1, 0.15) is 31.2 Å². The van der Waals surface area contributed by atoms with Crippen LogP contribution >= 0.6 is 0 Å². The van der Waals surface area contributed by atoms with E-state index in [4.69, 9.17) is 5.11 Å². The van der Waals surface area contributed by atoms with Crippen LogP contribution in [0.2, 0.25) is 0 Å². The summed E-state index contributed by atoms with van der Waals surface area (Å²) in [5, 5.41) is 11.3. The third-order valence-corrected chi connectivity index (χ3v) is 4.03. The Morgan fingerprint density at radius 3 is 2.50 bits per heavy atom. The molecule has 120 valence electrons. The maximum absolute atomic E-state index is 14.1. The van der Waals surface area contributed by atoms with Gasteiger partial charge in [0.2, 0.25) is 5.91 Å². The van der Waals surface area contributed by atoms with Gasteiger partial charge in [-0.3, -0.25) is 9.59 Å². The Morgan fingerprint density at radius 1 is 1.18 bits per heavy atom. The van der Waals surface area contributed by atoms with Gasteiger partial charge in [0, 0.05) is 6.42 Å². The second kappa shape index (κ2) is 6.85. The first-order valence-electron chi connectivity index (χ1n) is 7.32. The minimum absolute atomic E-state index is 0.0233. The molecule has 2 N–H and O–H groups in total. The predicted octanol–water partition coefficient (Wildman–Crippen LogP) is 2.62. The van der Waals surface area contributed by atoms with Gasteiger partial charge in [0.1, 0.15) is 0 Å². The Hall–Kier alpha value is -1.98. The first kappa shape index (κ1) is 16.4. The fourth-order valence-electron chi connectivity index (χ4n) is 2.72. The molecule has 2 rings (SSSR count). The van der Waals surface area contributed by atoms with Crippen LogP contribution in [0.5, 0.6) is 0 Å². The van der Waals surface area contributed by atoms with Crippen molar-refractivity contribution < 1.29 is 23.5 Å². The summed E-state index contributed by atoms with van der Waals surface area (Å²) >= 11 is 0. The van der Waals surface area contributed by atoms with Crippen LogP contribution in [0.15, 0.2) is 30.3 Å². The number of rotatable bonds is 4. The Labute approximate surface area is 127 Å². The lowest BCUT2D eigenvalue weighted by molar-refractivity contribution is -0.142. The third-order valence-electron chi connectivity index (χ3n) is 4.03. The Balaban J connectivity index is 1.97. The van der Waals surface area contributed by atoms with Crippen molar-refractivity contribution >= 4 is 11.9 Å². The van der Waals surface area contributed by atoms with Crippen LogP contribution in [0.3, 0.4) is 0 Å². The number of halogens is 2. The highest BCUT2D eigenvalue weighted by atomic mass is 19.3. The standard InChI is InChI=1S/C16H19F2NO3/c17-16(18)9-8-12(15(21)22)6-7-13(16)19-14(20)10-11-4-2-1-3-5-11/h1-5,12-13H,6-10H2,(H,19,20)(H,21,22)/t12-,13-/m1/s1. The zero-order chi connectivity index (χ0) is 16.2. The van der Waals surface area contributed by atoms with Gasteiger partial charge in [0.25, 0.3) is 5.92 Å². The van der Waals surface area contributed by atoms with Crippen LogP contribution in [0.4, 0.5) is 8.78 Å². The van der Waals surface area contributed by atoms with E-state index in [-0.39, 0.29) is 25.7 Å². The molecule has 22 heavy (non-hydrogen) atoms. The van der Waals surface area contributed by atoms with Gasteiger partial charge in [0.15, 0.2) is 0 Å². The number of carbonyl (C=O) groups excluding carboxylic acids is 1. The minimum atomic E-state index is -3.07. The summed E-state index contributed by atoms with van der Waals surface area (Å²) in [5.41, 5.74) is 0.750. The highest BCUT2D eigenvalue weighted by Crippen LogP contribution is 2.35. The summed E-state index contributed by atoms with van der Waals surface area (Å²) in [5.74, 6) is -5.35. The highest BCUT2D eigenvalue weighted by molar-refractivity contribution is 5.79. The van der Waals surface area contributed by atoms with E-state index in [0.29, 0.717) is 0 Å². The largest absolute Gasteiger partial charge is 0.481 e. The Kier molecular flexibility index (Phi) is 5.11. The van der Waals surface area contributed by atoms with Gasteiger partial charge in [-0.25, -0.2) is 8.78 Å². The second-order valence-corrected chi connectivity index (χ2v) is 5.69. The van der Waals surface area contributed by atoms with Crippen molar-refractivity contribution in [2.75, 3.05) is 0 Å². The van der Waals surface area contributed by atoms with Crippen molar-refractivity contribution in [3.05, 3.63) is 35.9 Å². The second-order valence-electron chi connectivity index (χ2n) is 5.69. The molecule has 1 aromatic carbocycles. The quantitative estimate of drug-likeness (QED) is 0.840. The fraction of sp³-hybridized carbons (Fsp3) is 0.500. The molecular formula is C16H19F2NO3. The van der Waals surface area contributed by atoms with Crippen molar-refractivity contribution in [1.29, 1.82) is 0 Å². The molecular weight excluding hydrogens is 292 g/mol. The van der Waals surface area contributed by atoms with Crippen LogP contribution in [0.25, 0.3) is 0 Å². The number of nitrogens with one attached hydrogen (secondary N) is 1. The lowest BCUT2D eigenvalue weighted by atomic mass is 10.0. The first-order valence-corrected chi connectivity index (χ1v) is 7.32. The highest BCUT2D eigenvalue weighted by Gasteiger charge is 2.43. The molecule has 1 aliphatic rings. The van der Waals surface area contributed by atoms with Gasteiger partial charge in [0.05, 0.1) is 18.4 Å². The average Bonchev–Trinajstić information content (AvgIpc) is 2.60. The lowest BCUT2D eigenvalue weighted by Crippen LogP contribution is -2.47. The topological polar surface area (TPSA) is 66.4 Å². The molecule has 0 unspecified atom stereocenters. The fourth-order valence-corrected chi connectivity index (χ4v) is 2.72. The van der Waals surface area contributed by atoms with E-state index < -0.39 is 36.2 Å². The molecule has 0 radical (unpaired) electrons. The first-order chi connectivity index (χ1) is 10.4. The number of carbonyl (C=O) groups is 2. The van der Waals surface area contributed by atoms with E-state index in [1.54, 1.807) is 24.3 Å². The molecule has 0 bridgehead atoms. The van der Waals surface area contributed by atoms with Crippen molar-refractivity contribution in [2.24, 2.45) is 5.92 Å². The molecule has 0 spiro atoms. The van der Waals surface area contributed by atoms with E-state index in [1.807, 2.05) is 6.07 Å². The molecule has 0 heterocycles. The van der Waals surface area contributed by atoms with E-state index in [9.17, 15) is 18.4 Å². The number of hydrogen-bond donors (Lipinski definition) is 2. The summed E-state index contributed by atoms with van der Waals surface area (Å²) in [6, 6.07) is 7.58. The van der Waals surface area contributed by atoms with Gasteiger partial charge in [-0.05, 0) is 24.8 Å². The molecule has 6 heteroatoms. The predicted molar refractivity (Wildman–Crippen MR) is 76.6 cm³/mol. The van der Waals surface area contributed by atoms with Crippen LogP contribution in [-0.4, -0.2) is 28.9 Å². The average molecular weight is 311 g/mol. The van der Waals surface area contributed by atoms with Crippen molar-refractivity contribution in [3.63, 3.8) is 0 Å². The molecule has 0 aliphatic heterocycles. The van der Waals surface area contributed by atoms with Crippen LogP contribution in [-0.2, 0) is 16.0 Å². The third kappa shape index (κ3) is 4.26. The van der Waals surface area contributed by atoms with Gasteiger partial charge < -0.3 is 10.4 Å². The molecule has 4 nitrogen and oxygen atoms in total. The molecule has 2 atom stereocenters. The summed E-state index contributed by atoms with van der Waals surface area (Å²) in [6.07, 6.45) is -0.408. The van der Waals surface area contributed by atoms with E-state index in [1.165, 1.54) is 0 Å². The number of hydrogen-bond acceptors (Lipinski definition) is 2. The molecule has 1 aromatic rings. The summed E-state index contributed by atoms with van der Waals surface area (Å²) in [4.78, 5) is 22.9. The smallest absolute Gasteiger partial charge is 0.306 e. The summed E-state index contributed by atoms with van der Waals surface area (Å²) in [6.45, 7) is 0. The van der Waals surface area contributed by atoms with Crippen LogP contribution in [0, 0.1) is 5.92 Å². The summed E-state index contributed by atoms with van der Waals surface area (Å²) in [7, 11) is 0. The zero-order valence-electron chi connectivity index (χ0n) is 12.1. The SMILES string of the molecule is O=C(Cc1ccccc1)N[C@@H]1CC[C@@H](C(=O)O)CCC1(F)F. The molecule has 1 aliphatic carbocycles. The normalized spacial score (nSPS) is 24.3. The monoisotopic (exact) mass is 311 g/mol. The number of carboxylic acid groups (broad SMARTS) is 1. The zero-order valence-corrected chi connectivity index (χ0v) is 12.1. The summed E-state index contributed by atoms with van der Waals surface area (Å²) < 4.78 is 28.1. The van der Waals surface area contributed by atoms with E-state index in [2.05, 4.69) is 5.32 Å². The maximum Gasteiger partial charge on any atom is 0.306 e.